The third-order valence-electron chi connectivity index (χ3n) is 9.84. The van der Waals surface area contributed by atoms with Crippen molar-refractivity contribution in [2.45, 2.75) is 19.8 Å². The monoisotopic (exact) mass is 653 g/mol. The van der Waals surface area contributed by atoms with Crippen molar-refractivity contribution in [3.8, 4) is 29.6 Å². The van der Waals surface area contributed by atoms with Gasteiger partial charge in [-0.15, -0.1) is 0 Å². The first-order chi connectivity index (χ1) is 25.0. The lowest BCUT2D eigenvalue weighted by Gasteiger charge is -2.23. The minimum atomic E-state index is 0.368. The zero-order valence-electron chi connectivity index (χ0n) is 28.1. The predicted octanol–water partition coefficient (Wildman–Crippen LogP) is 11.1. The van der Waals surface area contributed by atoms with Gasteiger partial charge in [0.25, 0.3) is 0 Å². The van der Waals surface area contributed by atoms with E-state index >= 15 is 0 Å². The molecule has 2 aromatic heterocycles. The van der Waals surface area contributed by atoms with Crippen LogP contribution < -0.4 is 0 Å². The van der Waals surface area contributed by atoms with E-state index in [1.165, 1.54) is 0 Å². The van der Waals surface area contributed by atoms with E-state index in [1.54, 1.807) is 6.08 Å². The van der Waals surface area contributed by atoms with Gasteiger partial charge >= 0.3 is 0 Å². The van der Waals surface area contributed by atoms with Gasteiger partial charge in [0.05, 0.1) is 45.5 Å². The number of allylic oxidation sites excluding steroid dienone is 6. The van der Waals surface area contributed by atoms with E-state index in [0.29, 0.717) is 16.7 Å². The van der Waals surface area contributed by atoms with Crippen molar-refractivity contribution < 1.29 is 0 Å². The highest BCUT2D eigenvalue weighted by Gasteiger charge is 2.24. The van der Waals surface area contributed by atoms with Crippen LogP contribution in [0.2, 0.25) is 0 Å². The summed E-state index contributed by atoms with van der Waals surface area (Å²) in [5, 5.41) is 33.8. The van der Waals surface area contributed by atoms with E-state index in [-0.39, 0.29) is 0 Å². The van der Waals surface area contributed by atoms with Crippen LogP contribution in [-0.4, -0.2) is 9.13 Å². The van der Waals surface area contributed by atoms with Gasteiger partial charge in [-0.05, 0) is 91.1 Å². The van der Waals surface area contributed by atoms with E-state index < -0.39 is 0 Å². The summed E-state index contributed by atoms with van der Waals surface area (Å²) in [6.45, 7) is 5.94. The van der Waals surface area contributed by atoms with Crippen molar-refractivity contribution in [1.82, 2.24) is 9.13 Å². The van der Waals surface area contributed by atoms with Gasteiger partial charge in [0.2, 0.25) is 0 Å². The summed E-state index contributed by atoms with van der Waals surface area (Å²) in [6.07, 6.45) is 9.81. The highest BCUT2D eigenvalue weighted by molar-refractivity contribution is 6.12. The lowest BCUT2D eigenvalue weighted by atomic mass is 9.84. The van der Waals surface area contributed by atoms with Crippen LogP contribution in [0.1, 0.15) is 46.4 Å². The molecule has 0 fully saturated rings. The number of rotatable bonds is 6. The molecule has 8 rings (SSSR count). The Kier molecular flexibility index (Phi) is 7.77. The van der Waals surface area contributed by atoms with Crippen LogP contribution in [-0.2, 0) is 0 Å². The summed E-state index contributed by atoms with van der Waals surface area (Å²) in [4.78, 5) is 0. The van der Waals surface area contributed by atoms with Gasteiger partial charge in [-0.1, -0.05) is 85.5 Å². The summed E-state index contributed by atoms with van der Waals surface area (Å²) in [5.41, 5.74) is 12.0. The number of benzene rings is 5. The molecule has 0 unspecified atom stereocenters. The molecule has 5 nitrogen and oxygen atoms in total. The molecule has 51 heavy (non-hydrogen) atoms. The predicted molar refractivity (Wildman–Crippen MR) is 207 cm³/mol. The first kappa shape index (κ1) is 31.2. The Morgan fingerprint density at radius 3 is 1.86 bits per heavy atom. The second-order valence-electron chi connectivity index (χ2n) is 12.7. The summed E-state index contributed by atoms with van der Waals surface area (Å²) in [5.74, 6) is 0. The molecule has 5 heteroatoms. The molecule has 0 N–H and O–H groups in total. The van der Waals surface area contributed by atoms with Crippen molar-refractivity contribution in [3.63, 3.8) is 0 Å². The maximum atomic E-state index is 10.5. The molecule has 1 aliphatic carbocycles. The van der Waals surface area contributed by atoms with Crippen LogP contribution in [0, 0.1) is 40.9 Å². The van der Waals surface area contributed by atoms with Crippen LogP contribution in [0.4, 0.5) is 0 Å². The zero-order chi connectivity index (χ0) is 35.1. The Bertz CT molecular complexity index is 2760. The lowest BCUT2D eigenvalue weighted by Crippen LogP contribution is -2.06. The molecule has 0 bridgehead atoms. The quantitative estimate of drug-likeness (QED) is 0.132. The second-order valence-corrected chi connectivity index (χ2v) is 12.7. The Morgan fingerprint density at radius 1 is 0.647 bits per heavy atom. The number of para-hydroxylation sites is 4. The van der Waals surface area contributed by atoms with Crippen molar-refractivity contribution >= 4 is 49.9 Å². The molecular formula is C46H31N5. The van der Waals surface area contributed by atoms with E-state index in [2.05, 4.69) is 102 Å². The van der Waals surface area contributed by atoms with Crippen molar-refractivity contribution in [1.29, 1.82) is 15.8 Å². The normalized spacial score (nSPS) is 12.8. The van der Waals surface area contributed by atoms with Gasteiger partial charge in [-0.25, -0.2) is 0 Å². The third kappa shape index (κ3) is 5.07. The van der Waals surface area contributed by atoms with Gasteiger partial charge in [0.1, 0.15) is 6.07 Å². The number of fused-ring (bicyclic) bond motifs is 4. The molecule has 7 aromatic rings. The molecule has 0 spiro atoms. The topological polar surface area (TPSA) is 81.2 Å². The van der Waals surface area contributed by atoms with Crippen molar-refractivity contribution in [2.24, 2.45) is 0 Å². The molecule has 0 radical (unpaired) electrons. The minimum absolute atomic E-state index is 0.368. The Morgan fingerprint density at radius 2 is 1.24 bits per heavy atom. The van der Waals surface area contributed by atoms with Crippen LogP contribution in [0.5, 0.6) is 0 Å². The minimum Gasteiger partial charge on any atom is -0.310 e. The number of aryl methyl sites for hydroxylation is 1. The number of nitriles is 3. The molecule has 0 aliphatic heterocycles. The van der Waals surface area contributed by atoms with Crippen LogP contribution in [0.25, 0.3) is 61.3 Å². The van der Waals surface area contributed by atoms with Gasteiger partial charge < -0.3 is 9.13 Å². The summed E-state index contributed by atoms with van der Waals surface area (Å²) >= 11 is 0. The molecular weight excluding hydrogens is 623 g/mol. The first-order valence-corrected chi connectivity index (χ1v) is 16.9. The Labute approximate surface area is 296 Å². The van der Waals surface area contributed by atoms with Crippen molar-refractivity contribution in [2.75, 3.05) is 0 Å². The largest absolute Gasteiger partial charge is 0.310 e. The van der Waals surface area contributed by atoms with E-state index in [1.807, 2.05) is 66.7 Å². The fraction of sp³-hybridized carbons (Fsp3) is 0.0652. The van der Waals surface area contributed by atoms with Gasteiger partial charge in [-0.3, -0.25) is 0 Å². The molecule has 0 amide bonds. The third-order valence-corrected chi connectivity index (χ3v) is 9.84. The molecule has 2 heterocycles. The molecule has 0 saturated heterocycles. The molecule has 5 aromatic carbocycles. The maximum absolute atomic E-state index is 10.5. The lowest BCUT2D eigenvalue weighted by molar-refractivity contribution is 1.04. The zero-order valence-corrected chi connectivity index (χ0v) is 28.1. The van der Waals surface area contributed by atoms with Crippen LogP contribution in [0.15, 0.2) is 140 Å². The summed E-state index contributed by atoms with van der Waals surface area (Å²) < 4.78 is 4.40. The standard InChI is InChI=1S/C46H31N5/c1-30(27-47)22-25-42-31(2)35-13-5-8-19-43(35)50(42)34-24-23-32(28-48)41(26-34)37-15-4-3-14-36(37)40-18-11-12-33(29-49)46(40)51-44-20-9-6-16-38(44)39-17-7-10-21-45(39)51/h5-26H,1,3-4H2,2H3/b25-22-. The smallest absolute Gasteiger partial charge is 0.101 e. The fourth-order valence-electron chi connectivity index (χ4n) is 7.55. The Balaban J connectivity index is 1.36. The molecule has 1 aliphatic rings. The highest BCUT2D eigenvalue weighted by atomic mass is 15.0. The van der Waals surface area contributed by atoms with E-state index in [9.17, 15) is 15.8 Å². The number of hydrogen-bond donors (Lipinski definition) is 0. The fourth-order valence-corrected chi connectivity index (χ4v) is 7.55. The summed E-state index contributed by atoms with van der Waals surface area (Å²) in [7, 11) is 0. The number of hydrogen-bond acceptors (Lipinski definition) is 3. The SMILES string of the molecule is C=C(C#N)/C=C\c1c(C)c2ccccc2n1-c1ccc(C#N)c(C2=CCCC=C2c2cccc(C#N)c2-n2c3ccccc3c3ccccc32)c1. The Hall–Kier alpha value is -7.13. The molecule has 240 valence electrons. The van der Waals surface area contributed by atoms with E-state index in [4.69, 9.17) is 0 Å². The number of nitrogens with zero attached hydrogens (tertiary/aromatic N) is 5. The average molecular weight is 654 g/mol. The van der Waals surface area contributed by atoms with Gasteiger partial charge in [0, 0.05) is 44.2 Å². The van der Waals surface area contributed by atoms with Gasteiger partial charge in [0.15, 0.2) is 0 Å². The maximum Gasteiger partial charge on any atom is 0.101 e. The molecule has 0 saturated carbocycles. The van der Waals surface area contributed by atoms with E-state index in [0.717, 1.165) is 90.5 Å². The summed E-state index contributed by atoms with van der Waals surface area (Å²) in [6, 6.07) is 43.9. The molecule has 0 atom stereocenters. The van der Waals surface area contributed by atoms with Crippen LogP contribution >= 0.6 is 0 Å². The van der Waals surface area contributed by atoms with Gasteiger partial charge in [-0.2, -0.15) is 15.8 Å². The van der Waals surface area contributed by atoms with Crippen molar-refractivity contribution in [3.05, 3.63) is 173 Å². The first-order valence-electron chi connectivity index (χ1n) is 16.9. The number of aromatic nitrogens is 2. The van der Waals surface area contributed by atoms with Crippen LogP contribution in [0.3, 0.4) is 0 Å². The second kappa shape index (κ2) is 12.7. The average Bonchev–Trinajstić information content (AvgIpc) is 3.67. The highest BCUT2D eigenvalue weighted by Crippen LogP contribution is 2.43.